The minimum Gasteiger partial charge on any atom is -0.344 e. The van der Waals surface area contributed by atoms with E-state index in [1.807, 2.05) is 44.2 Å². The van der Waals surface area contributed by atoms with Crippen LogP contribution in [0.2, 0.25) is 0 Å². The summed E-state index contributed by atoms with van der Waals surface area (Å²) < 4.78 is 5.41. The number of hydrogen-bond donors (Lipinski definition) is 2. The second-order valence-corrected chi connectivity index (χ2v) is 6.70. The minimum atomic E-state index is -0.386. The molecule has 3 N–H and O–H groups in total. The van der Waals surface area contributed by atoms with Crippen LogP contribution in [0.4, 0.5) is 0 Å². The fourth-order valence-corrected chi connectivity index (χ4v) is 2.74. The maximum absolute atomic E-state index is 12.5. The van der Waals surface area contributed by atoms with Crippen molar-refractivity contribution in [1.29, 1.82) is 0 Å². The molecule has 7 nitrogen and oxygen atoms in total. The van der Waals surface area contributed by atoms with Gasteiger partial charge in [-0.15, -0.1) is 0 Å². The summed E-state index contributed by atoms with van der Waals surface area (Å²) in [5, 5.41) is 6.99. The van der Waals surface area contributed by atoms with Crippen LogP contribution in [0.5, 0.6) is 0 Å². The van der Waals surface area contributed by atoms with Gasteiger partial charge in [-0.1, -0.05) is 49.3 Å². The average molecular weight is 365 g/mol. The first kappa shape index (κ1) is 18.7. The number of nitrogens with zero attached hydrogens (tertiary/aromatic N) is 3. The number of nitrogens with two attached hydrogens (primary N) is 1. The lowest BCUT2D eigenvalue weighted by atomic mass is 10.0. The largest absolute Gasteiger partial charge is 0.344 e. The van der Waals surface area contributed by atoms with Crippen LogP contribution in [-0.2, 0) is 4.79 Å². The zero-order valence-electron chi connectivity index (χ0n) is 15.4. The Bertz CT molecular complexity index is 864. The van der Waals surface area contributed by atoms with Crippen molar-refractivity contribution in [3.63, 3.8) is 0 Å². The number of amides is 1. The molecule has 140 valence electrons. The molecule has 0 fully saturated rings. The predicted octanol–water partition coefficient (Wildman–Crippen LogP) is 3.04. The molecule has 3 aromatic rings. The number of carbonyl (C=O) groups excluding carboxylic acids is 1. The third kappa shape index (κ3) is 4.77. The van der Waals surface area contributed by atoms with Gasteiger partial charge in [0.25, 0.3) is 0 Å². The molecule has 1 amide bonds. The van der Waals surface area contributed by atoms with E-state index in [1.165, 1.54) is 0 Å². The minimum absolute atomic E-state index is 0.0765. The Morgan fingerprint density at radius 1 is 1.15 bits per heavy atom. The van der Waals surface area contributed by atoms with E-state index in [-0.39, 0.29) is 30.3 Å². The van der Waals surface area contributed by atoms with Crippen molar-refractivity contribution in [3.8, 4) is 11.4 Å². The summed E-state index contributed by atoms with van der Waals surface area (Å²) in [6, 6.07) is 12.4. The lowest BCUT2D eigenvalue weighted by molar-refractivity contribution is -0.122. The van der Waals surface area contributed by atoms with Crippen LogP contribution in [0.15, 0.2) is 59.4 Å². The van der Waals surface area contributed by atoms with Crippen LogP contribution in [-0.4, -0.2) is 21.0 Å². The van der Waals surface area contributed by atoms with Gasteiger partial charge in [-0.2, -0.15) is 4.98 Å². The summed E-state index contributed by atoms with van der Waals surface area (Å²) in [6.07, 6.45) is 3.51. The zero-order valence-corrected chi connectivity index (χ0v) is 15.4. The Hall–Kier alpha value is -3.06. The SMILES string of the molecule is CC(C)C(NC(=O)CC(N)c1ccccc1)c1nc(-c2ccncc2)no1. The Balaban J connectivity index is 1.69. The van der Waals surface area contributed by atoms with Gasteiger partial charge in [-0.25, -0.2) is 0 Å². The topological polar surface area (TPSA) is 107 Å². The number of benzene rings is 1. The van der Waals surface area contributed by atoms with E-state index in [0.29, 0.717) is 11.7 Å². The Labute approximate surface area is 158 Å². The molecule has 27 heavy (non-hydrogen) atoms. The lowest BCUT2D eigenvalue weighted by Crippen LogP contribution is -2.34. The number of pyridine rings is 1. The van der Waals surface area contributed by atoms with E-state index in [9.17, 15) is 4.79 Å². The van der Waals surface area contributed by atoms with Gasteiger partial charge in [0, 0.05) is 30.4 Å². The number of rotatable bonds is 7. The lowest BCUT2D eigenvalue weighted by Gasteiger charge is -2.20. The molecule has 0 saturated carbocycles. The smallest absolute Gasteiger partial charge is 0.249 e. The van der Waals surface area contributed by atoms with E-state index in [4.69, 9.17) is 10.3 Å². The molecule has 2 atom stereocenters. The van der Waals surface area contributed by atoms with Gasteiger partial charge in [-0.3, -0.25) is 9.78 Å². The van der Waals surface area contributed by atoms with E-state index in [2.05, 4.69) is 20.4 Å². The molecule has 0 bridgehead atoms. The molecule has 0 radical (unpaired) electrons. The number of hydrogen-bond acceptors (Lipinski definition) is 6. The quantitative estimate of drug-likeness (QED) is 0.666. The molecular weight excluding hydrogens is 342 g/mol. The third-order valence-corrected chi connectivity index (χ3v) is 4.26. The van der Waals surface area contributed by atoms with Gasteiger partial charge in [0.05, 0.1) is 0 Å². The molecule has 1 aromatic carbocycles. The first-order valence-electron chi connectivity index (χ1n) is 8.88. The van der Waals surface area contributed by atoms with E-state index in [0.717, 1.165) is 11.1 Å². The highest BCUT2D eigenvalue weighted by Gasteiger charge is 2.25. The predicted molar refractivity (Wildman–Crippen MR) is 101 cm³/mol. The summed E-state index contributed by atoms with van der Waals surface area (Å²) in [5.74, 6) is 0.757. The maximum atomic E-state index is 12.5. The van der Waals surface area contributed by atoms with Crippen molar-refractivity contribution < 1.29 is 9.32 Å². The molecule has 0 spiro atoms. The van der Waals surface area contributed by atoms with Gasteiger partial charge in [0.15, 0.2) is 0 Å². The fourth-order valence-electron chi connectivity index (χ4n) is 2.74. The highest BCUT2D eigenvalue weighted by atomic mass is 16.5. The molecule has 0 saturated heterocycles. The van der Waals surface area contributed by atoms with Gasteiger partial charge in [-0.05, 0) is 23.6 Å². The second-order valence-electron chi connectivity index (χ2n) is 6.70. The maximum Gasteiger partial charge on any atom is 0.249 e. The van der Waals surface area contributed by atoms with Gasteiger partial charge >= 0.3 is 0 Å². The van der Waals surface area contributed by atoms with Crippen LogP contribution in [0, 0.1) is 5.92 Å². The molecule has 0 aliphatic rings. The highest BCUT2D eigenvalue weighted by Crippen LogP contribution is 2.24. The van der Waals surface area contributed by atoms with Crippen LogP contribution in [0.1, 0.15) is 43.8 Å². The Kier molecular flexibility index (Phi) is 5.93. The molecule has 0 aliphatic carbocycles. The zero-order chi connectivity index (χ0) is 19.2. The van der Waals surface area contributed by atoms with E-state index < -0.39 is 0 Å². The molecule has 7 heteroatoms. The number of aromatic nitrogens is 3. The van der Waals surface area contributed by atoms with Gasteiger partial charge < -0.3 is 15.6 Å². The number of carbonyl (C=O) groups is 1. The van der Waals surface area contributed by atoms with E-state index in [1.54, 1.807) is 24.5 Å². The van der Waals surface area contributed by atoms with Crippen molar-refractivity contribution >= 4 is 5.91 Å². The van der Waals surface area contributed by atoms with Crippen molar-refractivity contribution in [2.24, 2.45) is 11.7 Å². The molecule has 2 heterocycles. The van der Waals surface area contributed by atoms with Gasteiger partial charge in [0.1, 0.15) is 6.04 Å². The molecular formula is C20H23N5O2. The van der Waals surface area contributed by atoms with Crippen molar-refractivity contribution in [2.75, 3.05) is 0 Å². The first-order valence-corrected chi connectivity index (χ1v) is 8.88. The van der Waals surface area contributed by atoms with E-state index >= 15 is 0 Å². The van der Waals surface area contributed by atoms with Crippen LogP contribution >= 0.6 is 0 Å². The summed E-state index contributed by atoms with van der Waals surface area (Å²) in [6.45, 7) is 3.97. The van der Waals surface area contributed by atoms with Gasteiger partial charge in [0.2, 0.25) is 17.6 Å². The monoisotopic (exact) mass is 365 g/mol. The normalized spacial score (nSPS) is 13.3. The molecule has 2 aromatic heterocycles. The van der Waals surface area contributed by atoms with Crippen molar-refractivity contribution in [1.82, 2.24) is 20.4 Å². The Morgan fingerprint density at radius 2 is 1.85 bits per heavy atom. The van der Waals surface area contributed by atoms with Crippen LogP contribution in [0.3, 0.4) is 0 Å². The second kappa shape index (κ2) is 8.55. The fraction of sp³-hybridized carbons (Fsp3) is 0.300. The summed E-state index contributed by atoms with van der Waals surface area (Å²) >= 11 is 0. The first-order chi connectivity index (χ1) is 13.0. The number of nitrogens with one attached hydrogen (secondary N) is 1. The summed E-state index contributed by atoms with van der Waals surface area (Å²) in [4.78, 5) is 20.9. The summed E-state index contributed by atoms with van der Waals surface area (Å²) in [5.41, 5.74) is 7.88. The molecule has 3 rings (SSSR count). The standard InChI is InChI=1S/C20H23N5O2/c1-13(2)18(20-24-19(25-27-20)15-8-10-22-11-9-15)23-17(26)12-16(21)14-6-4-3-5-7-14/h3-11,13,16,18H,12,21H2,1-2H3,(H,23,26). The average Bonchev–Trinajstić information content (AvgIpc) is 3.17. The third-order valence-electron chi connectivity index (χ3n) is 4.26. The highest BCUT2D eigenvalue weighted by molar-refractivity contribution is 5.77. The molecule has 2 unspecified atom stereocenters. The molecule has 0 aliphatic heterocycles. The van der Waals surface area contributed by atoms with Crippen molar-refractivity contribution in [2.45, 2.75) is 32.4 Å². The van der Waals surface area contributed by atoms with Crippen molar-refractivity contribution in [3.05, 3.63) is 66.3 Å². The van der Waals surface area contributed by atoms with Crippen LogP contribution in [0.25, 0.3) is 11.4 Å². The Morgan fingerprint density at radius 3 is 2.52 bits per heavy atom. The summed E-state index contributed by atoms with van der Waals surface area (Å²) in [7, 11) is 0. The van der Waals surface area contributed by atoms with Crippen LogP contribution < -0.4 is 11.1 Å².